The number of allylic oxidation sites excluding steroid dienone is 2. The summed E-state index contributed by atoms with van der Waals surface area (Å²) in [6.07, 6.45) is 22.1. The Kier molecular flexibility index (Phi) is 15.9. The molecular formula is C17H32O. The SMILES string of the molecule is CCCCCCC/C=C\CCCCCCCC=O. The predicted molar refractivity (Wildman–Crippen MR) is 80.9 cm³/mol. The minimum Gasteiger partial charge on any atom is -0.303 e. The molecule has 0 aliphatic rings. The molecule has 0 unspecified atom stereocenters. The predicted octanol–water partition coefficient (Wildman–Crippen LogP) is 5.83. The van der Waals surface area contributed by atoms with E-state index in [4.69, 9.17) is 0 Å². The average Bonchev–Trinajstić information content (AvgIpc) is 2.39. The van der Waals surface area contributed by atoms with Crippen LogP contribution in [0, 0.1) is 0 Å². The number of hydrogen-bond donors (Lipinski definition) is 0. The molecule has 0 bridgehead atoms. The van der Waals surface area contributed by atoms with Crippen LogP contribution in [0.1, 0.15) is 90.4 Å². The molecule has 0 aliphatic heterocycles. The number of rotatable bonds is 14. The molecule has 0 aromatic carbocycles. The van der Waals surface area contributed by atoms with Crippen molar-refractivity contribution in [2.24, 2.45) is 0 Å². The van der Waals surface area contributed by atoms with Gasteiger partial charge in [0.05, 0.1) is 0 Å². The molecule has 0 aromatic rings. The Hall–Kier alpha value is -0.590. The van der Waals surface area contributed by atoms with Crippen LogP contribution in [0.4, 0.5) is 0 Å². The fourth-order valence-corrected chi connectivity index (χ4v) is 2.12. The molecule has 0 aliphatic carbocycles. The molecule has 18 heavy (non-hydrogen) atoms. The fraction of sp³-hybridized carbons (Fsp3) is 0.824. The first kappa shape index (κ1) is 17.4. The number of hydrogen-bond acceptors (Lipinski definition) is 1. The lowest BCUT2D eigenvalue weighted by Crippen LogP contribution is -1.80. The molecule has 0 saturated heterocycles. The zero-order valence-electron chi connectivity index (χ0n) is 12.3. The van der Waals surface area contributed by atoms with Crippen LogP contribution in [0.2, 0.25) is 0 Å². The third-order valence-electron chi connectivity index (χ3n) is 3.33. The van der Waals surface area contributed by atoms with E-state index in [-0.39, 0.29) is 0 Å². The molecule has 0 heterocycles. The second-order valence-electron chi connectivity index (χ2n) is 5.19. The molecule has 106 valence electrons. The summed E-state index contributed by atoms with van der Waals surface area (Å²) in [5, 5.41) is 0. The Morgan fingerprint density at radius 2 is 1.06 bits per heavy atom. The summed E-state index contributed by atoms with van der Waals surface area (Å²) in [5.74, 6) is 0. The lowest BCUT2D eigenvalue weighted by Gasteiger charge is -1.98. The summed E-state index contributed by atoms with van der Waals surface area (Å²) in [7, 11) is 0. The summed E-state index contributed by atoms with van der Waals surface area (Å²) < 4.78 is 0. The van der Waals surface area contributed by atoms with Gasteiger partial charge in [0.25, 0.3) is 0 Å². The summed E-state index contributed by atoms with van der Waals surface area (Å²) in [6, 6.07) is 0. The van der Waals surface area contributed by atoms with E-state index in [2.05, 4.69) is 19.1 Å². The van der Waals surface area contributed by atoms with Crippen LogP contribution in [0.15, 0.2) is 12.2 Å². The van der Waals surface area contributed by atoms with Gasteiger partial charge in [0.15, 0.2) is 0 Å². The highest BCUT2D eigenvalue weighted by Gasteiger charge is 1.90. The Balaban J connectivity index is 3.02. The highest BCUT2D eigenvalue weighted by Crippen LogP contribution is 2.08. The van der Waals surface area contributed by atoms with Gasteiger partial charge in [-0.05, 0) is 32.1 Å². The van der Waals surface area contributed by atoms with E-state index >= 15 is 0 Å². The van der Waals surface area contributed by atoms with Crippen LogP contribution in [0.25, 0.3) is 0 Å². The van der Waals surface area contributed by atoms with Crippen molar-refractivity contribution in [3.8, 4) is 0 Å². The van der Waals surface area contributed by atoms with Crippen molar-refractivity contribution in [2.45, 2.75) is 90.4 Å². The Bertz CT molecular complexity index is 184. The summed E-state index contributed by atoms with van der Waals surface area (Å²) in [6.45, 7) is 2.26. The second kappa shape index (κ2) is 16.4. The lowest BCUT2D eigenvalue weighted by atomic mass is 10.1. The Morgan fingerprint density at radius 1 is 0.611 bits per heavy atom. The molecule has 1 heteroatoms. The van der Waals surface area contributed by atoms with Crippen molar-refractivity contribution >= 4 is 6.29 Å². The zero-order chi connectivity index (χ0) is 13.3. The van der Waals surface area contributed by atoms with Gasteiger partial charge in [-0.1, -0.05) is 64.0 Å². The largest absolute Gasteiger partial charge is 0.303 e. The summed E-state index contributed by atoms with van der Waals surface area (Å²) in [4.78, 5) is 10.1. The van der Waals surface area contributed by atoms with Gasteiger partial charge in [-0.15, -0.1) is 0 Å². The van der Waals surface area contributed by atoms with Gasteiger partial charge in [0.2, 0.25) is 0 Å². The van der Waals surface area contributed by atoms with Crippen LogP contribution < -0.4 is 0 Å². The van der Waals surface area contributed by atoms with Gasteiger partial charge in [0.1, 0.15) is 6.29 Å². The first-order chi connectivity index (χ1) is 8.91. The molecule has 1 nitrogen and oxygen atoms in total. The number of unbranched alkanes of at least 4 members (excludes halogenated alkanes) is 11. The van der Waals surface area contributed by atoms with Crippen molar-refractivity contribution in [3.05, 3.63) is 12.2 Å². The van der Waals surface area contributed by atoms with Crippen LogP contribution in [-0.2, 0) is 4.79 Å². The van der Waals surface area contributed by atoms with Crippen molar-refractivity contribution in [1.29, 1.82) is 0 Å². The fourth-order valence-electron chi connectivity index (χ4n) is 2.12. The van der Waals surface area contributed by atoms with Gasteiger partial charge in [0, 0.05) is 6.42 Å². The quantitative estimate of drug-likeness (QED) is 0.216. The maximum Gasteiger partial charge on any atom is 0.119 e. The van der Waals surface area contributed by atoms with E-state index in [1.54, 1.807) is 0 Å². The molecule has 0 saturated carbocycles. The van der Waals surface area contributed by atoms with Crippen LogP contribution in [0.3, 0.4) is 0 Å². The molecule has 0 N–H and O–H groups in total. The van der Waals surface area contributed by atoms with E-state index in [1.807, 2.05) is 0 Å². The Morgan fingerprint density at radius 3 is 1.56 bits per heavy atom. The molecule has 0 rings (SSSR count). The van der Waals surface area contributed by atoms with E-state index in [1.165, 1.54) is 70.6 Å². The summed E-state index contributed by atoms with van der Waals surface area (Å²) >= 11 is 0. The van der Waals surface area contributed by atoms with Crippen LogP contribution >= 0.6 is 0 Å². The Labute approximate surface area is 114 Å². The zero-order valence-corrected chi connectivity index (χ0v) is 12.3. The van der Waals surface area contributed by atoms with Crippen molar-refractivity contribution in [3.63, 3.8) is 0 Å². The topological polar surface area (TPSA) is 17.1 Å². The number of carbonyl (C=O) groups is 1. The van der Waals surface area contributed by atoms with Crippen LogP contribution in [0.5, 0.6) is 0 Å². The number of aldehydes is 1. The molecule has 0 radical (unpaired) electrons. The van der Waals surface area contributed by atoms with E-state index in [0.717, 1.165) is 19.1 Å². The smallest absolute Gasteiger partial charge is 0.119 e. The van der Waals surface area contributed by atoms with Crippen LogP contribution in [-0.4, -0.2) is 6.29 Å². The van der Waals surface area contributed by atoms with Gasteiger partial charge in [-0.25, -0.2) is 0 Å². The van der Waals surface area contributed by atoms with E-state index < -0.39 is 0 Å². The van der Waals surface area contributed by atoms with Gasteiger partial charge < -0.3 is 4.79 Å². The lowest BCUT2D eigenvalue weighted by molar-refractivity contribution is -0.107. The third-order valence-corrected chi connectivity index (χ3v) is 3.33. The molecule has 0 amide bonds. The number of carbonyl (C=O) groups excluding carboxylic acids is 1. The third kappa shape index (κ3) is 15.4. The molecule has 0 spiro atoms. The highest BCUT2D eigenvalue weighted by atomic mass is 16.1. The molecule has 0 aromatic heterocycles. The molecular weight excluding hydrogens is 220 g/mol. The first-order valence-electron chi connectivity index (χ1n) is 8.00. The van der Waals surface area contributed by atoms with Gasteiger partial charge in [-0.2, -0.15) is 0 Å². The second-order valence-corrected chi connectivity index (χ2v) is 5.19. The average molecular weight is 252 g/mol. The van der Waals surface area contributed by atoms with Gasteiger partial charge >= 0.3 is 0 Å². The monoisotopic (exact) mass is 252 g/mol. The minimum absolute atomic E-state index is 0.748. The van der Waals surface area contributed by atoms with E-state index in [0.29, 0.717) is 0 Å². The minimum atomic E-state index is 0.748. The van der Waals surface area contributed by atoms with Crippen molar-refractivity contribution < 1.29 is 4.79 Å². The van der Waals surface area contributed by atoms with Crippen molar-refractivity contribution in [2.75, 3.05) is 0 Å². The van der Waals surface area contributed by atoms with Gasteiger partial charge in [-0.3, -0.25) is 0 Å². The first-order valence-corrected chi connectivity index (χ1v) is 8.00. The highest BCUT2D eigenvalue weighted by molar-refractivity contribution is 5.48. The molecule has 0 atom stereocenters. The maximum atomic E-state index is 10.1. The maximum absolute atomic E-state index is 10.1. The molecule has 0 fully saturated rings. The normalized spacial score (nSPS) is 11.2. The van der Waals surface area contributed by atoms with E-state index in [9.17, 15) is 4.79 Å². The standard InChI is InChI=1S/C17H32O/c1-2-3-4-5-6-7-8-9-10-11-12-13-14-15-16-17-18/h8-9,17H,2-7,10-16H2,1H3/b9-8-. The van der Waals surface area contributed by atoms with Crippen molar-refractivity contribution in [1.82, 2.24) is 0 Å². The summed E-state index contributed by atoms with van der Waals surface area (Å²) in [5.41, 5.74) is 0.